The zero-order valence-corrected chi connectivity index (χ0v) is 22.0. The predicted molar refractivity (Wildman–Crippen MR) is 144 cm³/mol. The Hall–Kier alpha value is -4.56. The highest BCUT2D eigenvalue weighted by molar-refractivity contribution is 5.99. The molecule has 1 aliphatic carbocycles. The van der Waals surface area contributed by atoms with Crippen LogP contribution in [0.25, 0.3) is 11.1 Å². The number of benzene rings is 2. The van der Waals surface area contributed by atoms with E-state index in [9.17, 15) is 14.9 Å². The number of hydrogen-bond acceptors (Lipinski definition) is 8. The topological polar surface area (TPSA) is 166 Å². The first-order valence-electron chi connectivity index (χ1n) is 12.9. The van der Waals surface area contributed by atoms with Crippen LogP contribution in [-0.4, -0.2) is 69.6 Å². The van der Waals surface area contributed by atoms with Gasteiger partial charge in [0.15, 0.2) is 5.82 Å². The van der Waals surface area contributed by atoms with Crippen molar-refractivity contribution in [1.29, 1.82) is 5.26 Å². The maximum absolute atomic E-state index is 12.5. The molecule has 5 rings (SSSR count). The minimum Gasteiger partial charge on any atom is -0.366 e. The van der Waals surface area contributed by atoms with Gasteiger partial charge >= 0.3 is 0 Å². The van der Waals surface area contributed by atoms with Gasteiger partial charge in [-0.25, -0.2) is 0 Å². The second-order valence-corrected chi connectivity index (χ2v) is 10.1. The quantitative estimate of drug-likeness (QED) is 0.328. The Morgan fingerprint density at radius 2 is 1.95 bits per heavy atom. The molecule has 11 heteroatoms. The molecule has 0 radical (unpaired) electrons. The van der Waals surface area contributed by atoms with Crippen LogP contribution in [0, 0.1) is 11.3 Å². The number of hydrogen-bond donors (Lipinski definition) is 4. The van der Waals surface area contributed by atoms with Crippen LogP contribution in [-0.2, 0) is 5.41 Å². The van der Waals surface area contributed by atoms with Crippen LogP contribution < -0.4 is 16.4 Å². The van der Waals surface area contributed by atoms with E-state index in [1.165, 1.54) is 0 Å². The van der Waals surface area contributed by atoms with Gasteiger partial charge in [0.05, 0.1) is 11.5 Å². The summed E-state index contributed by atoms with van der Waals surface area (Å²) in [6.07, 6.45) is 2.38. The highest BCUT2D eigenvalue weighted by Crippen LogP contribution is 2.54. The maximum atomic E-state index is 12.5. The summed E-state index contributed by atoms with van der Waals surface area (Å²) in [4.78, 5) is 26.7. The SMILES string of the molecule is C=C(CN[C@H](C)CC1(c2nn[nH]n2)c2ccc(C(N)=O)cc2-c2cc(C(=O)NC)ccc21)N1CCCC1C#N. The van der Waals surface area contributed by atoms with Gasteiger partial charge in [0.1, 0.15) is 6.04 Å². The van der Waals surface area contributed by atoms with Crippen molar-refractivity contribution in [2.45, 2.75) is 43.7 Å². The molecule has 1 aromatic heterocycles. The molecule has 11 nitrogen and oxygen atoms in total. The molecule has 3 aromatic rings. The standard InChI is InChI=1S/C28H31N9O2/c1-16(32-15-17(2)37-10-4-5-20(37)14-29)13-28(27-33-35-36-34-27)23-8-6-18(25(30)38)11-21(23)22-12-19(26(39)31-3)7-9-24(22)28/h6-9,11-12,16,20,32H,2,4-5,10,13,15H2,1,3H3,(H2,30,38)(H,31,39)(H,33,34,35,36)/t16-,20?,28?/m1/s1. The molecular weight excluding hydrogens is 494 g/mol. The van der Waals surface area contributed by atoms with Crippen LogP contribution in [0.5, 0.6) is 0 Å². The van der Waals surface area contributed by atoms with Gasteiger partial charge in [-0.2, -0.15) is 10.5 Å². The third-order valence-electron chi connectivity index (χ3n) is 7.82. The molecule has 39 heavy (non-hydrogen) atoms. The molecule has 2 aliphatic rings. The third kappa shape index (κ3) is 4.42. The Balaban J connectivity index is 1.55. The monoisotopic (exact) mass is 525 g/mol. The molecule has 1 aliphatic heterocycles. The number of nitriles is 1. The second-order valence-electron chi connectivity index (χ2n) is 10.1. The van der Waals surface area contributed by atoms with Gasteiger partial charge in [0.25, 0.3) is 5.91 Å². The number of nitrogens with zero attached hydrogens (tertiary/aromatic N) is 5. The number of nitrogens with two attached hydrogens (primary N) is 1. The number of aromatic nitrogens is 4. The highest BCUT2D eigenvalue weighted by atomic mass is 16.1. The molecule has 2 unspecified atom stereocenters. The molecule has 0 saturated carbocycles. The lowest BCUT2D eigenvalue weighted by atomic mass is 9.72. The lowest BCUT2D eigenvalue weighted by molar-refractivity contribution is 0.0961. The lowest BCUT2D eigenvalue weighted by Gasteiger charge is -2.33. The van der Waals surface area contributed by atoms with Gasteiger partial charge in [0.2, 0.25) is 5.91 Å². The number of amides is 2. The van der Waals surface area contributed by atoms with E-state index in [0.29, 0.717) is 29.9 Å². The van der Waals surface area contributed by atoms with Crippen molar-refractivity contribution in [2.75, 3.05) is 20.1 Å². The Morgan fingerprint density at radius 3 is 2.56 bits per heavy atom. The fourth-order valence-electron chi connectivity index (χ4n) is 5.96. The molecule has 3 atom stereocenters. The molecule has 2 amide bonds. The maximum Gasteiger partial charge on any atom is 0.251 e. The van der Waals surface area contributed by atoms with Crippen LogP contribution in [0.15, 0.2) is 48.7 Å². The Labute approximate surface area is 226 Å². The van der Waals surface area contributed by atoms with Gasteiger partial charge in [0, 0.05) is 43.0 Å². The summed E-state index contributed by atoms with van der Waals surface area (Å²) < 4.78 is 0. The summed E-state index contributed by atoms with van der Waals surface area (Å²) >= 11 is 0. The van der Waals surface area contributed by atoms with E-state index in [-0.39, 0.29) is 18.0 Å². The first-order chi connectivity index (χ1) is 18.8. The number of fused-ring (bicyclic) bond motifs is 3. The average molecular weight is 526 g/mol. The summed E-state index contributed by atoms with van der Waals surface area (Å²) in [6.45, 7) is 7.66. The van der Waals surface area contributed by atoms with Crippen molar-refractivity contribution < 1.29 is 9.59 Å². The van der Waals surface area contributed by atoms with Crippen molar-refractivity contribution in [3.8, 4) is 17.2 Å². The smallest absolute Gasteiger partial charge is 0.251 e. The molecule has 200 valence electrons. The Bertz CT molecular complexity index is 1480. The van der Waals surface area contributed by atoms with Gasteiger partial charge in [-0.3, -0.25) is 9.59 Å². The van der Waals surface area contributed by atoms with Crippen molar-refractivity contribution in [3.05, 3.63) is 76.8 Å². The number of likely N-dealkylation sites (tertiary alicyclic amines) is 1. The van der Waals surface area contributed by atoms with Gasteiger partial charge < -0.3 is 21.3 Å². The average Bonchev–Trinajstić information content (AvgIpc) is 3.70. The zero-order chi connectivity index (χ0) is 27.7. The van der Waals surface area contributed by atoms with Crippen molar-refractivity contribution in [1.82, 2.24) is 36.2 Å². The lowest BCUT2D eigenvalue weighted by Crippen LogP contribution is -2.41. The minimum absolute atomic E-state index is 0.0448. The van der Waals surface area contributed by atoms with E-state index < -0.39 is 11.3 Å². The minimum atomic E-state index is -0.814. The summed E-state index contributed by atoms with van der Waals surface area (Å²) in [7, 11) is 1.58. The molecule has 1 fully saturated rings. The van der Waals surface area contributed by atoms with E-state index >= 15 is 0 Å². The number of nitrogens with one attached hydrogen (secondary N) is 3. The van der Waals surface area contributed by atoms with Crippen LogP contribution >= 0.6 is 0 Å². The second kappa shape index (κ2) is 10.3. The largest absolute Gasteiger partial charge is 0.366 e. The van der Waals surface area contributed by atoms with E-state index in [2.05, 4.69) is 55.7 Å². The first-order valence-corrected chi connectivity index (χ1v) is 12.9. The summed E-state index contributed by atoms with van der Waals surface area (Å²) in [5, 5.41) is 31.0. The van der Waals surface area contributed by atoms with Gasteiger partial charge in [-0.05, 0) is 72.7 Å². The number of tetrazole rings is 1. The zero-order valence-electron chi connectivity index (χ0n) is 22.0. The van der Waals surface area contributed by atoms with Crippen molar-refractivity contribution >= 4 is 11.8 Å². The molecule has 1 saturated heterocycles. The van der Waals surface area contributed by atoms with Crippen LogP contribution in [0.3, 0.4) is 0 Å². The molecule has 2 aromatic carbocycles. The number of carbonyl (C=O) groups is 2. The Kier molecular flexibility index (Phi) is 6.89. The number of carbonyl (C=O) groups excluding carboxylic acids is 2. The molecule has 2 heterocycles. The van der Waals surface area contributed by atoms with E-state index in [4.69, 9.17) is 5.73 Å². The summed E-state index contributed by atoms with van der Waals surface area (Å²) in [6, 6.07) is 13.1. The Morgan fingerprint density at radius 1 is 1.26 bits per heavy atom. The third-order valence-corrected chi connectivity index (χ3v) is 7.82. The van der Waals surface area contributed by atoms with Crippen LogP contribution in [0.2, 0.25) is 0 Å². The van der Waals surface area contributed by atoms with Gasteiger partial charge in [-0.1, -0.05) is 23.9 Å². The van der Waals surface area contributed by atoms with Crippen LogP contribution in [0.1, 0.15) is 63.9 Å². The normalized spacial score (nSPS) is 20.1. The van der Waals surface area contributed by atoms with E-state index in [1.807, 2.05) is 18.2 Å². The predicted octanol–water partition coefficient (Wildman–Crippen LogP) is 1.84. The van der Waals surface area contributed by atoms with E-state index in [1.54, 1.807) is 25.2 Å². The van der Waals surface area contributed by atoms with Gasteiger partial charge in [-0.15, -0.1) is 10.2 Å². The summed E-state index contributed by atoms with van der Waals surface area (Å²) in [5.74, 6) is -0.266. The van der Waals surface area contributed by atoms with Crippen LogP contribution in [0.4, 0.5) is 0 Å². The molecular formula is C28H31N9O2. The first kappa shape index (κ1) is 26.1. The fourth-order valence-corrected chi connectivity index (χ4v) is 5.96. The van der Waals surface area contributed by atoms with E-state index in [0.717, 1.165) is 47.3 Å². The number of rotatable bonds is 9. The van der Waals surface area contributed by atoms with Crippen molar-refractivity contribution in [3.63, 3.8) is 0 Å². The van der Waals surface area contributed by atoms with Crippen molar-refractivity contribution in [2.24, 2.45) is 5.73 Å². The fraction of sp³-hybridized carbons (Fsp3) is 0.357. The summed E-state index contributed by atoms with van der Waals surface area (Å²) in [5.41, 5.74) is 9.97. The molecule has 0 bridgehead atoms. The number of aromatic amines is 1. The number of primary amides is 1. The molecule has 5 N–H and O–H groups in total. The number of H-pyrrole nitrogens is 1. The molecule has 0 spiro atoms. The highest BCUT2D eigenvalue weighted by Gasteiger charge is 2.49.